The molecule has 0 bridgehead atoms. The number of methoxy groups -OCH3 is 1. The summed E-state index contributed by atoms with van der Waals surface area (Å²) in [5.74, 6) is 0.155. The van der Waals surface area contributed by atoms with Gasteiger partial charge in [0.1, 0.15) is 0 Å². The third-order valence-corrected chi connectivity index (χ3v) is 4.39. The molecule has 6 heteroatoms. The maximum atomic E-state index is 12.3. The molecule has 0 saturated carbocycles. The standard InChI is InChI=1S/C14H26N2O3.ClH/c1-5-14(6-2,7-12(17)19-4)16-13(18)10(3)11-8-15-9-11;/h10-11,15H,5-9H2,1-4H3,(H,16,18);1H. The zero-order valence-electron chi connectivity index (χ0n) is 12.8. The molecule has 0 spiro atoms. The fourth-order valence-electron chi connectivity index (χ4n) is 2.32. The normalized spacial score (nSPS) is 16.6. The van der Waals surface area contributed by atoms with Crippen LogP contribution >= 0.6 is 12.4 Å². The second-order valence-corrected chi connectivity index (χ2v) is 5.44. The Kier molecular flexibility index (Phi) is 8.13. The van der Waals surface area contributed by atoms with Crippen LogP contribution in [0.1, 0.15) is 40.0 Å². The molecule has 0 aromatic heterocycles. The van der Waals surface area contributed by atoms with Gasteiger partial charge in [-0.3, -0.25) is 9.59 Å². The molecule has 1 saturated heterocycles. The quantitative estimate of drug-likeness (QED) is 0.700. The molecule has 1 heterocycles. The van der Waals surface area contributed by atoms with Crippen LogP contribution in [0.5, 0.6) is 0 Å². The van der Waals surface area contributed by atoms with Gasteiger partial charge in [-0.2, -0.15) is 0 Å². The minimum Gasteiger partial charge on any atom is -0.469 e. The van der Waals surface area contributed by atoms with Crippen molar-refractivity contribution in [2.75, 3.05) is 20.2 Å². The third kappa shape index (κ3) is 4.63. The van der Waals surface area contributed by atoms with Gasteiger partial charge in [0.25, 0.3) is 0 Å². The highest BCUT2D eigenvalue weighted by molar-refractivity contribution is 5.85. The summed E-state index contributed by atoms with van der Waals surface area (Å²) >= 11 is 0. The van der Waals surface area contributed by atoms with E-state index in [1.54, 1.807) is 0 Å². The van der Waals surface area contributed by atoms with Crippen molar-refractivity contribution in [3.05, 3.63) is 0 Å². The number of carbonyl (C=O) groups is 2. The molecule has 0 radical (unpaired) electrons. The van der Waals surface area contributed by atoms with Crippen LogP contribution in [0.2, 0.25) is 0 Å². The Morgan fingerprint density at radius 3 is 2.25 bits per heavy atom. The molecule has 1 aliphatic heterocycles. The number of carbonyl (C=O) groups excluding carboxylic acids is 2. The molecule has 1 atom stereocenters. The van der Waals surface area contributed by atoms with E-state index in [4.69, 9.17) is 4.74 Å². The first-order valence-corrected chi connectivity index (χ1v) is 7.07. The van der Waals surface area contributed by atoms with Crippen molar-refractivity contribution in [3.8, 4) is 0 Å². The smallest absolute Gasteiger partial charge is 0.307 e. The van der Waals surface area contributed by atoms with Crippen LogP contribution in [0.4, 0.5) is 0 Å². The second-order valence-electron chi connectivity index (χ2n) is 5.44. The third-order valence-electron chi connectivity index (χ3n) is 4.39. The Morgan fingerprint density at radius 2 is 1.90 bits per heavy atom. The summed E-state index contributed by atoms with van der Waals surface area (Å²) in [6.07, 6.45) is 1.68. The SMILES string of the molecule is CCC(CC)(CC(=O)OC)NC(=O)C(C)C1CNC1.Cl. The van der Waals surface area contributed by atoms with E-state index in [0.29, 0.717) is 5.92 Å². The molecular formula is C14H27ClN2O3. The number of nitrogens with one attached hydrogen (secondary N) is 2. The highest BCUT2D eigenvalue weighted by Gasteiger charge is 2.35. The van der Waals surface area contributed by atoms with E-state index in [1.807, 2.05) is 20.8 Å². The number of amides is 1. The van der Waals surface area contributed by atoms with Crippen molar-refractivity contribution in [1.82, 2.24) is 10.6 Å². The first-order valence-electron chi connectivity index (χ1n) is 7.07. The number of halogens is 1. The average molecular weight is 307 g/mol. The lowest BCUT2D eigenvalue weighted by atomic mass is 9.84. The highest BCUT2D eigenvalue weighted by Crippen LogP contribution is 2.23. The zero-order chi connectivity index (χ0) is 14.5. The van der Waals surface area contributed by atoms with Crippen LogP contribution in [-0.4, -0.2) is 37.6 Å². The molecular weight excluding hydrogens is 280 g/mol. The molecule has 118 valence electrons. The van der Waals surface area contributed by atoms with Gasteiger partial charge in [-0.25, -0.2) is 0 Å². The van der Waals surface area contributed by atoms with E-state index in [1.165, 1.54) is 7.11 Å². The van der Waals surface area contributed by atoms with Crippen molar-refractivity contribution in [2.45, 2.75) is 45.6 Å². The van der Waals surface area contributed by atoms with Crippen molar-refractivity contribution in [2.24, 2.45) is 11.8 Å². The van der Waals surface area contributed by atoms with Gasteiger partial charge < -0.3 is 15.4 Å². The van der Waals surface area contributed by atoms with E-state index in [9.17, 15) is 9.59 Å². The monoisotopic (exact) mass is 306 g/mol. The molecule has 5 nitrogen and oxygen atoms in total. The molecule has 2 N–H and O–H groups in total. The Labute approximate surface area is 127 Å². The lowest BCUT2D eigenvalue weighted by Crippen LogP contribution is -2.55. The van der Waals surface area contributed by atoms with Gasteiger partial charge in [0, 0.05) is 11.5 Å². The Hall–Kier alpha value is -0.810. The Balaban J connectivity index is 0.00000361. The minimum atomic E-state index is -0.477. The van der Waals surface area contributed by atoms with Crippen molar-refractivity contribution >= 4 is 24.3 Å². The molecule has 0 aliphatic carbocycles. The zero-order valence-corrected chi connectivity index (χ0v) is 13.6. The van der Waals surface area contributed by atoms with E-state index < -0.39 is 5.54 Å². The molecule has 1 fully saturated rings. The van der Waals surface area contributed by atoms with E-state index in [0.717, 1.165) is 25.9 Å². The lowest BCUT2D eigenvalue weighted by Gasteiger charge is -2.37. The van der Waals surface area contributed by atoms with Gasteiger partial charge in [-0.1, -0.05) is 20.8 Å². The molecule has 0 aromatic carbocycles. The highest BCUT2D eigenvalue weighted by atomic mass is 35.5. The average Bonchev–Trinajstić information content (AvgIpc) is 2.35. The largest absolute Gasteiger partial charge is 0.469 e. The van der Waals surface area contributed by atoms with Gasteiger partial charge >= 0.3 is 5.97 Å². The van der Waals surface area contributed by atoms with Gasteiger partial charge in [0.2, 0.25) is 5.91 Å². The number of esters is 1. The van der Waals surface area contributed by atoms with Gasteiger partial charge in [0.05, 0.1) is 13.5 Å². The Bertz CT molecular complexity index is 328. The van der Waals surface area contributed by atoms with Crippen LogP contribution in [0, 0.1) is 11.8 Å². The molecule has 1 unspecified atom stereocenters. The van der Waals surface area contributed by atoms with E-state index in [-0.39, 0.29) is 36.6 Å². The summed E-state index contributed by atoms with van der Waals surface area (Å²) in [7, 11) is 1.38. The van der Waals surface area contributed by atoms with Crippen molar-refractivity contribution in [3.63, 3.8) is 0 Å². The topological polar surface area (TPSA) is 67.4 Å². The summed E-state index contributed by atoms with van der Waals surface area (Å²) in [4.78, 5) is 23.8. The van der Waals surface area contributed by atoms with Gasteiger partial charge in [-0.15, -0.1) is 12.4 Å². The fraction of sp³-hybridized carbons (Fsp3) is 0.857. The lowest BCUT2D eigenvalue weighted by molar-refractivity contribution is -0.143. The van der Waals surface area contributed by atoms with E-state index >= 15 is 0 Å². The van der Waals surface area contributed by atoms with Gasteiger partial charge in [0.15, 0.2) is 0 Å². The first kappa shape index (κ1) is 19.2. The van der Waals surface area contributed by atoms with Crippen LogP contribution in [0.3, 0.4) is 0 Å². The summed E-state index contributed by atoms with van der Waals surface area (Å²) < 4.78 is 4.73. The molecule has 1 aliphatic rings. The fourth-order valence-corrected chi connectivity index (χ4v) is 2.32. The summed E-state index contributed by atoms with van der Waals surface area (Å²) in [5.41, 5.74) is -0.477. The van der Waals surface area contributed by atoms with Crippen LogP contribution < -0.4 is 10.6 Å². The first-order chi connectivity index (χ1) is 8.98. The van der Waals surface area contributed by atoms with Crippen molar-refractivity contribution in [1.29, 1.82) is 0 Å². The van der Waals surface area contributed by atoms with Crippen LogP contribution in [-0.2, 0) is 14.3 Å². The molecule has 20 heavy (non-hydrogen) atoms. The predicted octanol–water partition coefficient (Wildman–Crippen LogP) is 1.50. The van der Waals surface area contributed by atoms with Crippen molar-refractivity contribution < 1.29 is 14.3 Å². The molecule has 1 rings (SSSR count). The number of rotatable bonds is 7. The second kappa shape index (κ2) is 8.47. The maximum absolute atomic E-state index is 12.3. The summed E-state index contributed by atoms with van der Waals surface area (Å²) in [6, 6.07) is 0. The van der Waals surface area contributed by atoms with Gasteiger partial charge in [-0.05, 0) is 31.8 Å². The minimum absolute atomic E-state index is 0. The molecule has 1 amide bonds. The number of hydrogen-bond acceptors (Lipinski definition) is 4. The summed E-state index contributed by atoms with van der Waals surface area (Å²) in [6.45, 7) is 7.73. The van der Waals surface area contributed by atoms with Crippen LogP contribution in [0.25, 0.3) is 0 Å². The molecule has 0 aromatic rings. The number of hydrogen-bond donors (Lipinski definition) is 2. The number of ether oxygens (including phenoxy) is 1. The predicted molar refractivity (Wildman–Crippen MR) is 80.9 cm³/mol. The summed E-state index contributed by atoms with van der Waals surface area (Å²) in [5, 5.41) is 6.25. The van der Waals surface area contributed by atoms with E-state index in [2.05, 4.69) is 10.6 Å². The maximum Gasteiger partial charge on any atom is 0.307 e. The van der Waals surface area contributed by atoms with Crippen LogP contribution in [0.15, 0.2) is 0 Å². The Morgan fingerprint density at radius 1 is 1.35 bits per heavy atom.